The second kappa shape index (κ2) is 5.70. The Morgan fingerprint density at radius 1 is 1.40 bits per heavy atom. The van der Waals surface area contributed by atoms with E-state index < -0.39 is 0 Å². The van der Waals surface area contributed by atoms with Gasteiger partial charge in [0.05, 0.1) is 25.4 Å². The molecule has 0 bridgehead atoms. The van der Waals surface area contributed by atoms with Crippen LogP contribution in [0.25, 0.3) is 10.9 Å². The Hall–Kier alpha value is -1.77. The van der Waals surface area contributed by atoms with Crippen LogP contribution in [0.1, 0.15) is 31.7 Å². The van der Waals surface area contributed by atoms with Gasteiger partial charge >= 0.3 is 0 Å². The van der Waals surface area contributed by atoms with Gasteiger partial charge in [-0.2, -0.15) is 0 Å². The van der Waals surface area contributed by atoms with E-state index in [0.717, 1.165) is 30.0 Å². The van der Waals surface area contributed by atoms with E-state index in [1.165, 1.54) is 30.2 Å². The molecule has 0 amide bonds. The highest BCUT2D eigenvalue weighted by Gasteiger charge is 2.22. The fourth-order valence-corrected chi connectivity index (χ4v) is 2.90. The maximum atomic E-state index is 5.91. The number of fused-ring (bicyclic) bond motifs is 3. The van der Waals surface area contributed by atoms with Crippen LogP contribution in [0.5, 0.6) is 11.5 Å². The third-order valence-corrected chi connectivity index (χ3v) is 4.08. The van der Waals surface area contributed by atoms with E-state index in [-0.39, 0.29) is 0 Å². The predicted octanol–water partition coefficient (Wildman–Crippen LogP) is 3.98. The molecule has 1 atom stereocenters. The van der Waals surface area contributed by atoms with Crippen molar-refractivity contribution in [2.45, 2.75) is 32.6 Å². The van der Waals surface area contributed by atoms with Gasteiger partial charge in [-0.25, -0.2) is 0 Å². The molecule has 0 radical (unpaired) electrons. The van der Waals surface area contributed by atoms with Crippen molar-refractivity contribution in [3.8, 4) is 11.5 Å². The van der Waals surface area contributed by atoms with Crippen LogP contribution in [0.15, 0.2) is 24.4 Å². The standard InChI is InChI=1S/C17H21NO2/c1-3-4-5-12-8-15-14-9-13(19-2)6-7-16(14)18-10-17(15)20-11-12/h6-7,9-10,12H,3-5,8,11H2,1-2H3. The molecule has 1 unspecified atom stereocenters. The van der Waals surface area contributed by atoms with E-state index in [1.54, 1.807) is 7.11 Å². The molecule has 0 saturated carbocycles. The van der Waals surface area contributed by atoms with Crippen LogP contribution in [0, 0.1) is 5.92 Å². The SMILES string of the molecule is CCCCC1COc2cnc3ccc(OC)cc3c2C1. The Labute approximate surface area is 119 Å². The number of unbranched alkanes of at least 4 members (excludes halogenated alkanes) is 1. The summed E-state index contributed by atoms with van der Waals surface area (Å²) >= 11 is 0. The lowest BCUT2D eigenvalue weighted by Gasteiger charge is -2.26. The molecule has 2 heterocycles. The molecule has 3 nitrogen and oxygen atoms in total. The number of nitrogens with zero attached hydrogens (tertiary/aromatic N) is 1. The highest BCUT2D eigenvalue weighted by atomic mass is 16.5. The number of aromatic nitrogens is 1. The van der Waals surface area contributed by atoms with Gasteiger partial charge in [0.25, 0.3) is 0 Å². The Bertz CT molecular complexity index is 604. The van der Waals surface area contributed by atoms with Crippen LogP contribution in [-0.2, 0) is 6.42 Å². The third kappa shape index (κ3) is 2.45. The van der Waals surface area contributed by atoms with Gasteiger partial charge in [-0.1, -0.05) is 19.8 Å². The zero-order chi connectivity index (χ0) is 13.9. The summed E-state index contributed by atoms with van der Waals surface area (Å²) < 4.78 is 11.2. The second-order valence-electron chi connectivity index (χ2n) is 5.51. The molecule has 0 spiro atoms. The van der Waals surface area contributed by atoms with E-state index in [0.29, 0.717) is 5.92 Å². The van der Waals surface area contributed by atoms with Gasteiger partial charge in [-0.15, -0.1) is 0 Å². The van der Waals surface area contributed by atoms with Crippen LogP contribution < -0.4 is 9.47 Å². The molecule has 0 aliphatic carbocycles. The van der Waals surface area contributed by atoms with Crippen LogP contribution in [0.4, 0.5) is 0 Å². The van der Waals surface area contributed by atoms with Gasteiger partial charge in [-0.05, 0) is 37.0 Å². The van der Waals surface area contributed by atoms with E-state index in [9.17, 15) is 0 Å². The van der Waals surface area contributed by atoms with Gasteiger partial charge < -0.3 is 9.47 Å². The lowest BCUT2D eigenvalue weighted by molar-refractivity contribution is 0.212. The van der Waals surface area contributed by atoms with Crippen molar-refractivity contribution in [3.63, 3.8) is 0 Å². The summed E-state index contributed by atoms with van der Waals surface area (Å²) in [6.07, 6.45) is 6.70. The van der Waals surface area contributed by atoms with Crippen LogP contribution in [0.2, 0.25) is 0 Å². The molecule has 1 aliphatic heterocycles. The van der Waals surface area contributed by atoms with Gasteiger partial charge in [0.1, 0.15) is 11.5 Å². The van der Waals surface area contributed by atoms with Gasteiger partial charge in [0, 0.05) is 10.9 Å². The minimum Gasteiger partial charge on any atom is -0.497 e. The maximum absolute atomic E-state index is 5.91. The lowest BCUT2D eigenvalue weighted by Crippen LogP contribution is -2.21. The Morgan fingerprint density at radius 2 is 2.30 bits per heavy atom. The first-order valence-electron chi connectivity index (χ1n) is 7.40. The Morgan fingerprint density at radius 3 is 3.10 bits per heavy atom. The molecule has 3 rings (SSSR count). The van der Waals surface area contributed by atoms with E-state index >= 15 is 0 Å². The van der Waals surface area contributed by atoms with Crippen molar-refractivity contribution in [3.05, 3.63) is 30.0 Å². The molecule has 2 aromatic rings. The van der Waals surface area contributed by atoms with Crippen molar-refractivity contribution in [1.29, 1.82) is 0 Å². The number of rotatable bonds is 4. The Kier molecular flexibility index (Phi) is 3.77. The molecule has 1 aromatic carbocycles. The second-order valence-corrected chi connectivity index (χ2v) is 5.51. The topological polar surface area (TPSA) is 31.4 Å². The van der Waals surface area contributed by atoms with Gasteiger partial charge in [-0.3, -0.25) is 4.98 Å². The largest absolute Gasteiger partial charge is 0.497 e. The summed E-state index contributed by atoms with van der Waals surface area (Å²) in [5, 5.41) is 1.17. The first-order valence-corrected chi connectivity index (χ1v) is 7.40. The fraction of sp³-hybridized carbons (Fsp3) is 0.471. The summed E-state index contributed by atoms with van der Waals surface area (Å²) in [7, 11) is 1.70. The summed E-state index contributed by atoms with van der Waals surface area (Å²) in [6.45, 7) is 3.06. The maximum Gasteiger partial charge on any atom is 0.141 e. The molecular weight excluding hydrogens is 250 g/mol. The summed E-state index contributed by atoms with van der Waals surface area (Å²) in [5.74, 6) is 2.45. The van der Waals surface area contributed by atoms with Crippen molar-refractivity contribution < 1.29 is 9.47 Å². The monoisotopic (exact) mass is 271 g/mol. The average molecular weight is 271 g/mol. The smallest absolute Gasteiger partial charge is 0.141 e. The lowest BCUT2D eigenvalue weighted by atomic mass is 9.91. The van der Waals surface area contributed by atoms with E-state index in [2.05, 4.69) is 18.0 Å². The Balaban J connectivity index is 1.98. The normalized spacial score (nSPS) is 17.6. The third-order valence-electron chi connectivity index (χ3n) is 4.08. The predicted molar refractivity (Wildman–Crippen MR) is 80.5 cm³/mol. The first kappa shape index (κ1) is 13.2. The van der Waals surface area contributed by atoms with Crippen molar-refractivity contribution in [1.82, 2.24) is 4.98 Å². The van der Waals surface area contributed by atoms with Crippen LogP contribution in [-0.4, -0.2) is 18.7 Å². The number of ether oxygens (including phenoxy) is 2. The zero-order valence-corrected chi connectivity index (χ0v) is 12.2. The molecule has 3 heteroatoms. The number of hydrogen-bond donors (Lipinski definition) is 0. The summed E-state index contributed by atoms with van der Waals surface area (Å²) in [5.41, 5.74) is 2.31. The summed E-state index contributed by atoms with van der Waals surface area (Å²) in [4.78, 5) is 4.48. The van der Waals surface area contributed by atoms with Crippen LogP contribution >= 0.6 is 0 Å². The van der Waals surface area contributed by atoms with Crippen molar-refractivity contribution in [2.24, 2.45) is 5.92 Å². The zero-order valence-electron chi connectivity index (χ0n) is 12.2. The number of benzene rings is 1. The van der Waals surface area contributed by atoms with E-state index in [4.69, 9.17) is 9.47 Å². The molecule has 106 valence electrons. The van der Waals surface area contributed by atoms with E-state index in [1.807, 2.05) is 18.3 Å². The molecule has 1 aromatic heterocycles. The summed E-state index contributed by atoms with van der Waals surface area (Å²) in [6, 6.07) is 6.05. The molecule has 0 N–H and O–H groups in total. The number of methoxy groups -OCH3 is 1. The minimum absolute atomic E-state index is 0.624. The van der Waals surface area contributed by atoms with Crippen LogP contribution in [0.3, 0.4) is 0 Å². The van der Waals surface area contributed by atoms with Crippen molar-refractivity contribution in [2.75, 3.05) is 13.7 Å². The van der Waals surface area contributed by atoms with Gasteiger partial charge in [0.15, 0.2) is 0 Å². The quantitative estimate of drug-likeness (QED) is 0.842. The number of pyridine rings is 1. The fourth-order valence-electron chi connectivity index (χ4n) is 2.90. The minimum atomic E-state index is 0.624. The number of hydrogen-bond acceptors (Lipinski definition) is 3. The van der Waals surface area contributed by atoms with Crippen molar-refractivity contribution >= 4 is 10.9 Å². The average Bonchev–Trinajstić information content (AvgIpc) is 2.52. The molecule has 1 aliphatic rings. The molecule has 20 heavy (non-hydrogen) atoms. The molecule has 0 saturated heterocycles. The highest BCUT2D eigenvalue weighted by Crippen LogP contribution is 2.35. The molecular formula is C17H21NO2. The first-order chi connectivity index (χ1) is 9.81. The van der Waals surface area contributed by atoms with Gasteiger partial charge in [0.2, 0.25) is 0 Å². The highest BCUT2D eigenvalue weighted by molar-refractivity contribution is 5.85. The molecule has 0 fully saturated rings.